The summed E-state index contributed by atoms with van der Waals surface area (Å²) >= 11 is 0. The molecule has 0 N–H and O–H groups in total. The third kappa shape index (κ3) is 3.24. The number of amides is 1. The first kappa shape index (κ1) is 15.6. The number of carbonyl (C=O) groups is 1. The first-order chi connectivity index (χ1) is 11.1. The van der Waals surface area contributed by atoms with Crippen LogP contribution in [0.2, 0.25) is 0 Å². The highest BCUT2D eigenvalue weighted by atomic mass is 16.5. The molecule has 1 aromatic heterocycles. The van der Waals surface area contributed by atoms with E-state index in [-0.39, 0.29) is 18.1 Å². The number of carbonyl (C=O) groups excluding carboxylic acids is 1. The van der Waals surface area contributed by atoms with Crippen molar-refractivity contribution in [2.24, 2.45) is 0 Å². The molecule has 2 heterocycles. The lowest BCUT2D eigenvalue weighted by atomic mass is 10.1. The Morgan fingerprint density at radius 3 is 2.83 bits per heavy atom. The van der Waals surface area contributed by atoms with Crippen LogP contribution in [0.15, 0.2) is 41.5 Å². The summed E-state index contributed by atoms with van der Waals surface area (Å²) in [4.78, 5) is 14.7. The van der Waals surface area contributed by atoms with Crippen molar-refractivity contribution < 1.29 is 18.7 Å². The van der Waals surface area contributed by atoms with Crippen LogP contribution in [-0.4, -0.2) is 42.7 Å². The number of fused-ring (bicyclic) bond motifs is 1. The topological polar surface area (TPSA) is 51.9 Å². The fourth-order valence-corrected chi connectivity index (χ4v) is 2.96. The van der Waals surface area contributed by atoms with Gasteiger partial charge in [-0.1, -0.05) is 12.7 Å². The summed E-state index contributed by atoms with van der Waals surface area (Å²) in [7, 11) is 0. The lowest BCUT2D eigenvalue weighted by Gasteiger charge is -2.35. The smallest absolute Gasteiger partial charge is 0.254 e. The summed E-state index contributed by atoms with van der Waals surface area (Å²) in [5.41, 5.74) is 1.21. The van der Waals surface area contributed by atoms with Crippen molar-refractivity contribution in [1.82, 2.24) is 4.90 Å². The largest absolute Gasteiger partial charge is 0.489 e. The van der Waals surface area contributed by atoms with Crippen molar-refractivity contribution in [3.63, 3.8) is 0 Å². The molecule has 0 spiro atoms. The molecule has 0 unspecified atom stereocenters. The van der Waals surface area contributed by atoms with Crippen molar-refractivity contribution in [3.05, 3.63) is 42.7 Å². The van der Waals surface area contributed by atoms with Crippen molar-refractivity contribution in [1.29, 1.82) is 0 Å². The SMILES string of the molecule is C=CCOc1cc(C(=O)N2C[C@@H](C)O[C@@H](C)C2)cc2occc12. The Bertz CT molecular complexity index is 711. The van der Waals surface area contributed by atoms with Gasteiger partial charge in [0.15, 0.2) is 0 Å². The van der Waals surface area contributed by atoms with E-state index in [1.54, 1.807) is 24.5 Å². The lowest BCUT2D eigenvalue weighted by Crippen LogP contribution is -2.48. The number of benzene rings is 1. The Morgan fingerprint density at radius 1 is 1.39 bits per heavy atom. The minimum atomic E-state index is -0.0336. The van der Waals surface area contributed by atoms with Crippen molar-refractivity contribution >= 4 is 16.9 Å². The van der Waals surface area contributed by atoms with E-state index in [1.165, 1.54) is 0 Å². The highest BCUT2D eigenvalue weighted by Gasteiger charge is 2.27. The van der Waals surface area contributed by atoms with E-state index in [9.17, 15) is 4.79 Å². The first-order valence-corrected chi connectivity index (χ1v) is 7.78. The Morgan fingerprint density at radius 2 is 2.13 bits per heavy atom. The minimum Gasteiger partial charge on any atom is -0.489 e. The second-order valence-electron chi connectivity index (χ2n) is 5.87. The standard InChI is InChI=1S/C18H21NO4/c1-4-6-21-16-8-14(9-17-15(16)5-7-22-17)18(20)19-10-12(2)23-13(3)11-19/h4-5,7-9,12-13H,1,6,10-11H2,2-3H3/t12-,13+. The molecular formula is C18H21NO4. The van der Waals surface area contributed by atoms with Crippen LogP contribution in [-0.2, 0) is 4.74 Å². The number of hydrogen-bond acceptors (Lipinski definition) is 4. The van der Waals surface area contributed by atoms with E-state index in [1.807, 2.05) is 24.8 Å². The van der Waals surface area contributed by atoms with Gasteiger partial charge in [-0.25, -0.2) is 0 Å². The summed E-state index contributed by atoms with van der Waals surface area (Å²) in [5, 5.41) is 0.854. The van der Waals surface area contributed by atoms with Gasteiger partial charge in [0.05, 0.1) is 23.9 Å². The monoisotopic (exact) mass is 315 g/mol. The number of nitrogens with zero attached hydrogens (tertiary/aromatic N) is 1. The van der Waals surface area contributed by atoms with Gasteiger partial charge in [0, 0.05) is 18.7 Å². The van der Waals surface area contributed by atoms with Crippen LogP contribution < -0.4 is 4.74 Å². The van der Waals surface area contributed by atoms with Crippen LogP contribution in [0.5, 0.6) is 5.75 Å². The normalized spacial score (nSPS) is 21.4. The zero-order chi connectivity index (χ0) is 16.4. The lowest BCUT2D eigenvalue weighted by molar-refractivity contribution is -0.0586. The van der Waals surface area contributed by atoms with Gasteiger partial charge in [0.25, 0.3) is 5.91 Å². The van der Waals surface area contributed by atoms with Crippen molar-refractivity contribution in [3.8, 4) is 5.75 Å². The van der Waals surface area contributed by atoms with Gasteiger partial charge in [0.1, 0.15) is 17.9 Å². The van der Waals surface area contributed by atoms with Gasteiger partial charge in [-0.2, -0.15) is 0 Å². The number of rotatable bonds is 4. The minimum absolute atomic E-state index is 0.0336. The second kappa shape index (κ2) is 6.46. The molecule has 1 aliphatic rings. The Hall–Kier alpha value is -2.27. The van der Waals surface area contributed by atoms with Gasteiger partial charge in [-0.05, 0) is 32.0 Å². The maximum Gasteiger partial charge on any atom is 0.254 e. The quantitative estimate of drug-likeness (QED) is 0.813. The fourth-order valence-electron chi connectivity index (χ4n) is 2.96. The number of morpholine rings is 1. The molecule has 2 atom stereocenters. The molecular weight excluding hydrogens is 294 g/mol. The molecule has 5 heteroatoms. The van der Waals surface area contributed by atoms with E-state index in [2.05, 4.69) is 6.58 Å². The van der Waals surface area contributed by atoms with Crippen LogP contribution in [0.25, 0.3) is 11.0 Å². The van der Waals surface area contributed by atoms with Crippen LogP contribution in [0.4, 0.5) is 0 Å². The molecule has 1 fully saturated rings. The number of ether oxygens (including phenoxy) is 2. The molecule has 1 aromatic carbocycles. The molecule has 0 aliphatic carbocycles. The van der Waals surface area contributed by atoms with E-state index < -0.39 is 0 Å². The third-order valence-corrected chi connectivity index (χ3v) is 3.84. The second-order valence-corrected chi connectivity index (χ2v) is 5.87. The van der Waals surface area contributed by atoms with Crippen molar-refractivity contribution in [2.75, 3.05) is 19.7 Å². The molecule has 1 saturated heterocycles. The summed E-state index contributed by atoms with van der Waals surface area (Å²) in [5.74, 6) is 0.600. The zero-order valence-corrected chi connectivity index (χ0v) is 13.5. The van der Waals surface area contributed by atoms with Crippen LogP contribution in [0.3, 0.4) is 0 Å². The van der Waals surface area contributed by atoms with Gasteiger partial charge >= 0.3 is 0 Å². The maximum absolute atomic E-state index is 12.8. The van der Waals surface area contributed by atoms with E-state index >= 15 is 0 Å². The van der Waals surface area contributed by atoms with E-state index in [0.717, 1.165) is 5.39 Å². The Balaban J connectivity index is 1.92. The highest BCUT2D eigenvalue weighted by Crippen LogP contribution is 2.29. The zero-order valence-electron chi connectivity index (χ0n) is 13.5. The molecule has 2 aromatic rings. The molecule has 1 amide bonds. The van der Waals surface area contributed by atoms with Crippen LogP contribution in [0, 0.1) is 0 Å². The van der Waals surface area contributed by atoms with Gasteiger partial charge in [-0.15, -0.1) is 0 Å². The molecule has 5 nitrogen and oxygen atoms in total. The Kier molecular flexibility index (Phi) is 4.39. The summed E-state index contributed by atoms with van der Waals surface area (Å²) in [6, 6.07) is 5.37. The predicted octanol–water partition coefficient (Wildman–Crippen LogP) is 3.25. The first-order valence-electron chi connectivity index (χ1n) is 7.78. The van der Waals surface area contributed by atoms with Gasteiger partial charge < -0.3 is 18.8 Å². The predicted molar refractivity (Wildman–Crippen MR) is 87.8 cm³/mol. The average molecular weight is 315 g/mol. The maximum atomic E-state index is 12.8. The number of furan rings is 1. The average Bonchev–Trinajstić information content (AvgIpc) is 2.99. The third-order valence-electron chi connectivity index (χ3n) is 3.84. The van der Waals surface area contributed by atoms with Crippen LogP contribution >= 0.6 is 0 Å². The van der Waals surface area contributed by atoms with Gasteiger partial charge in [0.2, 0.25) is 0 Å². The molecule has 0 radical (unpaired) electrons. The van der Waals surface area contributed by atoms with E-state index in [0.29, 0.717) is 36.6 Å². The summed E-state index contributed by atoms with van der Waals surface area (Å²) in [6.07, 6.45) is 3.34. The molecule has 122 valence electrons. The van der Waals surface area contributed by atoms with Crippen LogP contribution in [0.1, 0.15) is 24.2 Å². The molecule has 23 heavy (non-hydrogen) atoms. The summed E-state index contributed by atoms with van der Waals surface area (Å²) in [6.45, 7) is 9.16. The highest BCUT2D eigenvalue weighted by molar-refractivity contribution is 5.99. The number of hydrogen-bond donors (Lipinski definition) is 0. The fraction of sp³-hybridized carbons (Fsp3) is 0.389. The van der Waals surface area contributed by atoms with Crippen molar-refractivity contribution in [2.45, 2.75) is 26.1 Å². The molecule has 1 aliphatic heterocycles. The molecule has 0 saturated carbocycles. The molecule has 0 bridgehead atoms. The summed E-state index contributed by atoms with van der Waals surface area (Å²) < 4.78 is 16.8. The molecule has 3 rings (SSSR count). The van der Waals surface area contributed by atoms with E-state index in [4.69, 9.17) is 13.9 Å². The van der Waals surface area contributed by atoms with Gasteiger partial charge in [-0.3, -0.25) is 4.79 Å². The Labute approximate surface area is 135 Å².